The Labute approximate surface area is 95.1 Å². The van der Waals surface area contributed by atoms with Gasteiger partial charge in [0.25, 0.3) is 5.56 Å². The summed E-state index contributed by atoms with van der Waals surface area (Å²) >= 11 is 0. The Balaban J connectivity index is 2.80. The molecule has 1 heterocycles. The fourth-order valence-electron chi connectivity index (χ4n) is 1.35. The highest BCUT2D eigenvalue weighted by atomic mass is 16.3. The average molecular weight is 225 g/mol. The minimum absolute atomic E-state index is 0.0515. The second kappa shape index (κ2) is 5.77. The van der Waals surface area contributed by atoms with E-state index in [4.69, 9.17) is 5.11 Å². The molecular formula is C11H19N3O2. The molecule has 0 fully saturated rings. The summed E-state index contributed by atoms with van der Waals surface area (Å²) in [5.41, 5.74) is 0.677. The minimum Gasteiger partial charge on any atom is -0.395 e. The van der Waals surface area contributed by atoms with Gasteiger partial charge in [-0.1, -0.05) is 6.92 Å². The molecule has 5 nitrogen and oxygen atoms in total. The van der Waals surface area contributed by atoms with Gasteiger partial charge < -0.3 is 10.1 Å². The average Bonchev–Trinajstić information content (AvgIpc) is 2.26. The smallest absolute Gasteiger partial charge is 0.251 e. The van der Waals surface area contributed by atoms with Gasteiger partial charge in [-0.05, 0) is 20.4 Å². The molecule has 0 aliphatic carbocycles. The molecule has 1 atom stereocenters. The summed E-state index contributed by atoms with van der Waals surface area (Å²) in [6.45, 7) is 4.51. The van der Waals surface area contributed by atoms with Crippen LogP contribution in [-0.4, -0.2) is 39.7 Å². The number of aliphatic hydroxyl groups excluding tert-OH is 1. The largest absolute Gasteiger partial charge is 0.395 e. The maximum Gasteiger partial charge on any atom is 0.251 e. The van der Waals surface area contributed by atoms with E-state index in [1.165, 1.54) is 6.07 Å². The Hall–Kier alpha value is -1.20. The van der Waals surface area contributed by atoms with E-state index in [0.29, 0.717) is 12.4 Å². The second-order valence-corrected chi connectivity index (χ2v) is 3.98. The zero-order valence-corrected chi connectivity index (χ0v) is 10.0. The third kappa shape index (κ3) is 3.43. The number of rotatable bonds is 5. The van der Waals surface area contributed by atoms with Crippen molar-refractivity contribution in [2.45, 2.75) is 32.9 Å². The zero-order chi connectivity index (χ0) is 12.1. The topological polar surface area (TPSA) is 69.2 Å². The highest BCUT2D eigenvalue weighted by Crippen LogP contribution is 2.01. The number of hydrogen-bond donors (Lipinski definition) is 2. The molecule has 1 rings (SSSR count). The summed E-state index contributed by atoms with van der Waals surface area (Å²) in [5.74, 6) is 0.646. The Morgan fingerprint density at radius 3 is 2.88 bits per heavy atom. The summed E-state index contributed by atoms with van der Waals surface area (Å²) < 4.78 is 0. The lowest BCUT2D eigenvalue weighted by Gasteiger charge is -2.22. The van der Waals surface area contributed by atoms with Crippen LogP contribution in [0, 0.1) is 0 Å². The number of aryl methyl sites for hydroxylation is 1. The SMILES string of the molecule is CCc1cc(=O)[nH]c(CN(C)C(C)CO)n1. The highest BCUT2D eigenvalue weighted by Gasteiger charge is 2.10. The van der Waals surface area contributed by atoms with Gasteiger partial charge in [-0.15, -0.1) is 0 Å². The van der Waals surface area contributed by atoms with Crippen molar-refractivity contribution in [2.75, 3.05) is 13.7 Å². The summed E-state index contributed by atoms with van der Waals surface area (Å²) in [7, 11) is 1.89. The van der Waals surface area contributed by atoms with Crippen molar-refractivity contribution in [1.82, 2.24) is 14.9 Å². The fourth-order valence-corrected chi connectivity index (χ4v) is 1.35. The third-order valence-corrected chi connectivity index (χ3v) is 2.62. The first kappa shape index (κ1) is 12.9. The molecule has 0 aromatic carbocycles. The third-order valence-electron chi connectivity index (χ3n) is 2.62. The number of nitrogens with zero attached hydrogens (tertiary/aromatic N) is 2. The molecule has 0 radical (unpaired) electrons. The molecule has 0 spiro atoms. The number of likely N-dealkylation sites (N-methyl/N-ethyl adjacent to an activating group) is 1. The van der Waals surface area contributed by atoms with Gasteiger partial charge in [0.1, 0.15) is 5.82 Å². The van der Waals surface area contributed by atoms with Crippen LogP contribution in [-0.2, 0) is 13.0 Å². The Bertz CT molecular complexity index is 389. The number of aliphatic hydroxyl groups is 1. The van der Waals surface area contributed by atoms with Crippen molar-refractivity contribution in [3.8, 4) is 0 Å². The van der Waals surface area contributed by atoms with Crippen LogP contribution < -0.4 is 5.56 Å². The standard InChI is InChI=1S/C11H19N3O2/c1-4-9-5-11(16)13-10(12-9)6-14(3)8(2)7-15/h5,8,15H,4,6-7H2,1-3H3,(H,12,13,16). The number of aromatic nitrogens is 2. The first-order chi connectivity index (χ1) is 7.56. The summed E-state index contributed by atoms with van der Waals surface area (Å²) in [6.07, 6.45) is 0.746. The minimum atomic E-state index is -0.119. The van der Waals surface area contributed by atoms with E-state index in [1.807, 2.05) is 25.8 Å². The predicted molar refractivity (Wildman–Crippen MR) is 62.3 cm³/mol. The number of H-pyrrole nitrogens is 1. The highest BCUT2D eigenvalue weighted by molar-refractivity contribution is 5.02. The van der Waals surface area contributed by atoms with Crippen LogP contribution in [0.5, 0.6) is 0 Å². The molecule has 90 valence electrons. The number of aromatic amines is 1. The molecule has 5 heteroatoms. The van der Waals surface area contributed by atoms with Gasteiger partial charge in [-0.2, -0.15) is 0 Å². The normalized spacial score (nSPS) is 13.1. The molecule has 0 aliphatic rings. The molecule has 16 heavy (non-hydrogen) atoms. The maximum atomic E-state index is 11.3. The Morgan fingerprint density at radius 1 is 1.62 bits per heavy atom. The van der Waals surface area contributed by atoms with Gasteiger partial charge in [0.2, 0.25) is 0 Å². The van der Waals surface area contributed by atoms with Crippen LogP contribution in [0.15, 0.2) is 10.9 Å². The zero-order valence-electron chi connectivity index (χ0n) is 10.0. The van der Waals surface area contributed by atoms with Crippen LogP contribution in [0.3, 0.4) is 0 Å². The van der Waals surface area contributed by atoms with Crippen molar-refractivity contribution in [2.24, 2.45) is 0 Å². The van der Waals surface area contributed by atoms with E-state index >= 15 is 0 Å². The molecule has 1 unspecified atom stereocenters. The molecular weight excluding hydrogens is 206 g/mol. The first-order valence-corrected chi connectivity index (χ1v) is 5.47. The molecule has 0 bridgehead atoms. The van der Waals surface area contributed by atoms with Crippen molar-refractivity contribution in [3.63, 3.8) is 0 Å². The lowest BCUT2D eigenvalue weighted by molar-refractivity contribution is 0.151. The predicted octanol–water partition coefficient (Wildman–Crippen LogP) is 0.145. The van der Waals surface area contributed by atoms with E-state index in [0.717, 1.165) is 12.1 Å². The van der Waals surface area contributed by atoms with Gasteiger partial charge in [0.05, 0.1) is 13.2 Å². The number of hydrogen-bond acceptors (Lipinski definition) is 4. The molecule has 0 saturated heterocycles. The summed E-state index contributed by atoms with van der Waals surface area (Å²) in [5, 5.41) is 9.00. The van der Waals surface area contributed by atoms with Crippen LogP contribution in [0.4, 0.5) is 0 Å². The van der Waals surface area contributed by atoms with Gasteiger partial charge in [-0.25, -0.2) is 4.98 Å². The van der Waals surface area contributed by atoms with Crippen LogP contribution in [0.1, 0.15) is 25.4 Å². The summed E-state index contributed by atoms with van der Waals surface area (Å²) in [6, 6.07) is 1.56. The molecule has 2 N–H and O–H groups in total. The van der Waals surface area contributed by atoms with Crippen molar-refractivity contribution in [1.29, 1.82) is 0 Å². The van der Waals surface area contributed by atoms with Gasteiger partial charge in [0, 0.05) is 17.8 Å². The van der Waals surface area contributed by atoms with Crippen molar-refractivity contribution in [3.05, 3.63) is 27.9 Å². The first-order valence-electron chi connectivity index (χ1n) is 5.47. The van der Waals surface area contributed by atoms with E-state index < -0.39 is 0 Å². The van der Waals surface area contributed by atoms with Crippen LogP contribution in [0.2, 0.25) is 0 Å². The molecule has 1 aromatic heterocycles. The quantitative estimate of drug-likeness (QED) is 0.748. The maximum absolute atomic E-state index is 11.3. The monoisotopic (exact) mass is 225 g/mol. The van der Waals surface area contributed by atoms with E-state index in [9.17, 15) is 4.79 Å². The molecule has 0 amide bonds. The van der Waals surface area contributed by atoms with E-state index in [1.54, 1.807) is 0 Å². The van der Waals surface area contributed by atoms with Gasteiger partial charge in [-0.3, -0.25) is 9.69 Å². The number of nitrogens with one attached hydrogen (secondary N) is 1. The molecule has 0 aliphatic heterocycles. The second-order valence-electron chi connectivity index (χ2n) is 3.98. The lowest BCUT2D eigenvalue weighted by Crippen LogP contribution is -2.32. The Kier molecular flexibility index (Phi) is 4.64. The van der Waals surface area contributed by atoms with Crippen molar-refractivity contribution < 1.29 is 5.11 Å². The van der Waals surface area contributed by atoms with Crippen molar-refractivity contribution >= 4 is 0 Å². The van der Waals surface area contributed by atoms with Crippen LogP contribution in [0.25, 0.3) is 0 Å². The molecule has 0 saturated carbocycles. The Morgan fingerprint density at radius 2 is 2.31 bits per heavy atom. The van der Waals surface area contributed by atoms with Gasteiger partial charge in [0.15, 0.2) is 0 Å². The van der Waals surface area contributed by atoms with E-state index in [2.05, 4.69) is 9.97 Å². The van der Waals surface area contributed by atoms with Crippen LogP contribution >= 0.6 is 0 Å². The fraction of sp³-hybridized carbons (Fsp3) is 0.636. The van der Waals surface area contributed by atoms with Gasteiger partial charge >= 0.3 is 0 Å². The summed E-state index contributed by atoms with van der Waals surface area (Å²) in [4.78, 5) is 20.3. The lowest BCUT2D eigenvalue weighted by atomic mass is 10.3. The molecule has 1 aromatic rings. The van der Waals surface area contributed by atoms with E-state index in [-0.39, 0.29) is 18.2 Å².